The Morgan fingerprint density at radius 3 is 2.50 bits per heavy atom. The Kier molecular flexibility index (Phi) is 6.12. The summed E-state index contributed by atoms with van der Waals surface area (Å²) in [6.07, 6.45) is 1.41. The highest BCUT2D eigenvalue weighted by Crippen LogP contribution is 2.30. The molecule has 0 bridgehead atoms. The van der Waals surface area contributed by atoms with E-state index in [0.717, 1.165) is 5.56 Å². The smallest absolute Gasteiger partial charge is 0.341 e. The number of thiocarbonyl (C=S) groups is 1. The van der Waals surface area contributed by atoms with E-state index in [1.54, 1.807) is 18.2 Å². The first-order chi connectivity index (χ1) is 14.3. The van der Waals surface area contributed by atoms with E-state index in [9.17, 15) is 14.4 Å². The van der Waals surface area contributed by atoms with Crippen molar-refractivity contribution in [2.24, 2.45) is 0 Å². The largest absolute Gasteiger partial charge is 0.493 e. The van der Waals surface area contributed by atoms with Crippen molar-refractivity contribution in [2.45, 2.75) is 6.92 Å². The molecule has 30 heavy (non-hydrogen) atoms. The van der Waals surface area contributed by atoms with Crippen LogP contribution in [0.4, 0.5) is 5.69 Å². The van der Waals surface area contributed by atoms with Gasteiger partial charge in [-0.05, 0) is 55.0 Å². The third kappa shape index (κ3) is 4.47. The number of aliphatic carboxylic acids is 1. The van der Waals surface area contributed by atoms with Gasteiger partial charge in [0.2, 0.25) is 0 Å². The number of aryl methyl sites for hydroxylation is 1. The number of carbonyl (C=O) groups is 3. The van der Waals surface area contributed by atoms with E-state index in [1.165, 1.54) is 30.2 Å². The number of carboxylic acid groups (broad SMARTS) is 1. The number of ether oxygens (including phenoxy) is 2. The van der Waals surface area contributed by atoms with Crippen molar-refractivity contribution in [1.29, 1.82) is 0 Å². The van der Waals surface area contributed by atoms with Crippen LogP contribution < -0.4 is 19.7 Å². The van der Waals surface area contributed by atoms with Crippen molar-refractivity contribution >= 4 is 46.9 Å². The van der Waals surface area contributed by atoms with Crippen molar-refractivity contribution in [3.05, 3.63) is 59.2 Å². The number of carbonyl (C=O) groups excluding carboxylic acids is 2. The third-order valence-corrected chi connectivity index (χ3v) is 4.53. The van der Waals surface area contributed by atoms with Gasteiger partial charge in [0, 0.05) is 0 Å². The number of carboxylic acids is 1. The van der Waals surface area contributed by atoms with Crippen LogP contribution in [0.1, 0.15) is 11.1 Å². The average molecular weight is 426 g/mol. The van der Waals surface area contributed by atoms with Crippen LogP contribution in [0.25, 0.3) is 6.08 Å². The second-order valence-corrected chi connectivity index (χ2v) is 6.77. The van der Waals surface area contributed by atoms with E-state index in [4.69, 9.17) is 26.8 Å². The van der Waals surface area contributed by atoms with Crippen molar-refractivity contribution in [2.75, 3.05) is 18.6 Å². The fraction of sp³-hybridized carbons (Fsp3) is 0.143. The highest BCUT2D eigenvalue weighted by Gasteiger charge is 2.34. The summed E-state index contributed by atoms with van der Waals surface area (Å²) < 4.78 is 10.4. The molecule has 0 spiro atoms. The van der Waals surface area contributed by atoms with Gasteiger partial charge in [-0.1, -0.05) is 23.8 Å². The lowest BCUT2D eigenvalue weighted by Gasteiger charge is -2.29. The molecule has 2 amide bonds. The SMILES string of the molecule is COc1cc(/C=C2/C(=O)NC(=S)N(c3ccc(C)cc3)C2=O)ccc1OCC(=O)O. The maximum absolute atomic E-state index is 13.0. The molecule has 2 aromatic rings. The predicted molar refractivity (Wildman–Crippen MR) is 114 cm³/mol. The van der Waals surface area contributed by atoms with E-state index in [-0.39, 0.29) is 22.2 Å². The number of hydrogen-bond acceptors (Lipinski definition) is 6. The first-order valence-electron chi connectivity index (χ1n) is 8.81. The third-order valence-electron chi connectivity index (χ3n) is 4.24. The lowest BCUT2D eigenvalue weighted by Crippen LogP contribution is -2.54. The highest BCUT2D eigenvalue weighted by molar-refractivity contribution is 7.80. The molecule has 2 aromatic carbocycles. The predicted octanol–water partition coefficient (Wildman–Crippen LogP) is 2.30. The summed E-state index contributed by atoms with van der Waals surface area (Å²) in [7, 11) is 1.40. The van der Waals surface area contributed by atoms with Gasteiger partial charge in [-0.15, -0.1) is 0 Å². The molecule has 0 aromatic heterocycles. The molecule has 0 unspecified atom stereocenters. The number of amides is 2. The number of nitrogens with zero attached hydrogens (tertiary/aromatic N) is 1. The maximum Gasteiger partial charge on any atom is 0.341 e. The van der Waals surface area contributed by atoms with Crippen LogP contribution in [-0.4, -0.2) is 41.7 Å². The lowest BCUT2D eigenvalue weighted by molar-refractivity contribution is -0.139. The highest BCUT2D eigenvalue weighted by atomic mass is 32.1. The van der Waals surface area contributed by atoms with Gasteiger partial charge in [0.25, 0.3) is 11.8 Å². The molecule has 0 radical (unpaired) electrons. The van der Waals surface area contributed by atoms with Crippen molar-refractivity contribution in [1.82, 2.24) is 5.32 Å². The zero-order chi connectivity index (χ0) is 21.8. The van der Waals surface area contributed by atoms with Gasteiger partial charge < -0.3 is 14.6 Å². The maximum atomic E-state index is 13.0. The Labute approximate surface area is 177 Å². The quantitative estimate of drug-likeness (QED) is 0.415. The Morgan fingerprint density at radius 2 is 1.87 bits per heavy atom. The number of hydrogen-bond donors (Lipinski definition) is 2. The summed E-state index contributed by atoms with van der Waals surface area (Å²) >= 11 is 5.18. The molecule has 1 aliphatic heterocycles. The van der Waals surface area contributed by atoms with Crippen LogP contribution in [0.3, 0.4) is 0 Å². The first-order valence-corrected chi connectivity index (χ1v) is 9.21. The van der Waals surface area contributed by atoms with Gasteiger partial charge in [0.05, 0.1) is 12.8 Å². The van der Waals surface area contributed by atoms with Gasteiger partial charge >= 0.3 is 5.97 Å². The lowest BCUT2D eigenvalue weighted by atomic mass is 10.1. The molecule has 2 N–H and O–H groups in total. The molecular weight excluding hydrogens is 408 g/mol. The van der Waals surface area contributed by atoms with Crippen LogP contribution in [0.2, 0.25) is 0 Å². The van der Waals surface area contributed by atoms with Crippen molar-refractivity contribution in [3.63, 3.8) is 0 Å². The standard InChI is InChI=1S/C21H18N2O6S/c1-12-3-6-14(7-4-12)23-20(27)15(19(26)22-21(23)30)9-13-5-8-16(17(10-13)28-2)29-11-18(24)25/h3-10H,11H2,1-2H3,(H,24,25)(H,22,26,30)/b15-9-. The topological polar surface area (TPSA) is 105 Å². The molecule has 9 heteroatoms. The van der Waals surface area contributed by atoms with Gasteiger partial charge in [-0.2, -0.15) is 0 Å². The number of methoxy groups -OCH3 is 1. The normalized spacial score (nSPS) is 15.2. The molecule has 1 fully saturated rings. The van der Waals surface area contributed by atoms with Gasteiger partial charge in [-0.3, -0.25) is 19.8 Å². The minimum absolute atomic E-state index is 0.000928. The van der Waals surface area contributed by atoms with Crippen LogP contribution >= 0.6 is 12.2 Å². The fourth-order valence-corrected chi connectivity index (χ4v) is 3.07. The Hall–Kier alpha value is -3.72. The zero-order valence-corrected chi connectivity index (χ0v) is 17.0. The molecule has 8 nitrogen and oxygen atoms in total. The summed E-state index contributed by atoms with van der Waals surface area (Å²) in [5.41, 5.74) is 1.94. The molecule has 3 rings (SSSR count). The monoisotopic (exact) mass is 426 g/mol. The minimum atomic E-state index is -1.13. The van der Waals surface area contributed by atoms with Crippen LogP contribution in [0.5, 0.6) is 11.5 Å². The summed E-state index contributed by atoms with van der Waals surface area (Å²) in [6.45, 7) is 1.39. The summed E-state index contributed by atoms with van der Waals surface area (Å²) in [5, 5.41) is 11.3. The van der Waals surface area contributed by atoms with Crippen molar-refractivity contribution in [3.8, 4) is 11.5 Å². The summed E-state index contributed by atoms with van der Waals surface area (Å²) in [4.78, 5) is 37.4. The van der Waals surface area contributed by atoms with Crippen molar-refractivity contribution < 1.29 is 29.0 Å². The van der Waals surface area contributed by atoms with E-state index in [1.807, 2.05) is 19.1 Å². The second kappa shape index (κ2) is 8.75. The molecule has 0 atom stereocenters. The van der Waals surface area contributed by atoms with E-state index >= 15 is 0 Å². The fourth-order valence-electron chi connectivity index (χ4n) is 2.79. The summed E-state index contributed by atoms with van der Waals surface area (Å²) in [5.74, 6) is -1.81. The number of benzene rings is 2. The summed E-state index contributed by atoms with van der Waals surface area (Å²) in [6, 6.07) is 11.8. The molecule has 1 saturated heterocycles. The minimum Gasteiger partial charge on any atom is -0.493 e. The number of nitrogens with one attached hydrogen (secondary N) is 1. The number of rotatable bonds is 6. The second-order valence-electron chi connectivity index (χ2n) is 6.39. The molecule has 1 heterocycles. The molecule has 0 aliphatic carbocycles. The molecule has 0 saturated carbocycles. The van der Waals surface area contributed by atoms with Gasteiger partial charge in [-0.25, -0.2) is 4.79 Å². The molecule has 1 aliphatic rings. The van der Waals surface area contributed by atoms with Crippen LogP contribution in [0.15, 0.2) is 48.0 Å². The Morgan fingerprint density at radius 1 is 1.17 bits per heavy atom. The van der Waals surface area contributed by atoms with E-state index in [2.05, 4.69) is 5.32 Å². The number of anilines is 1. The molecule has 154 valence electrons. The van der Waals surface area contributed by atoms with E-state index < -0.39 is 24.4 Å². The first kappa shape index (κ1) is 21.0. The van der Waals surface area contributed by atoms with Crippen LogP contribution in [-0.2, 0) is 14.4 Å². The average Bonchev–Trinajstić information content (AvgIpc) is 2.71. The zero-order valence-electron chi connectivity index (χ0n) is 16.2. The molecular formula is C21H18N2O6S. The van der Waals surface area contributed by atoms with Crippen LogP contribution in [0, 0.1) is 6.92 Å². The van der Waals surface area contributed by atoms with E-state index in [0.29, 0.717) is 11.3 Å². The van der Waals surface area contributed by atoms with Gasteiger partial charge in [0.15, 0.2) is 23.2 Å². The Balaban J connectivity index is 1.94. The van der Waals surface area contributed by atoms with Gasteiger partial charge in [0.1, 0.15) is 5.57 Å². The Bertz CT molecular complexity index is 1060.